The van der Waals surface area contributed by atoms with Crippen LogP contribution in [0.25, 0.3) is 11.1 Å². The van der Waals surface area contributed by atoms with Crippen LogP contribution >= 0.6 is 0 Å². The minimum Gasteiger partial charge on any atom is -0.496 e. The highest BCUT2D eigenvalue weighted by atomic mass is 16.5. The van der Waals surface area contributed by atoms with Crippen LogP contribution in [0, 0.1) is 0 Å². The monoisotopic (exact) mass is 301 g/mol. The van der Waals surface area contributed by atoms with Gasteiger partial charge in [0.15, 0.2) is 0 Å². The summed E-state index contributed by atoms with van der Waals surface area (Å²) >= 11 is 0. The Morgan fingerprint density at radius 2 is 1.86 bits per heavy atom. The van der Waals surface area contributed by atoms with Gasteiger partial charge in [-0.05, 0) is 30.2 Å². The van der Waals surface area contributed by atoms with E-state index in [4.69, 9.17) is 14.7 Å². The van der Waals surface area contributed by atoms with E-state index >= 15 is 0 Å². The van der Waals surface area contributed by atoms with E-state index in [9.17, 15) is 4.79 Å². The van der Waals surface area contributed by atoms with E-state index in [0.717, 1.165) is 22.6 Å². The van der Waals surface area contributed by atoms with Gasteiger partial charge >= 0.3 is 0 Å². The largest absolute Gasteiger partial charge is 0.496 e. The molecule has 2 N–H and O–H groups in total. The smallest absolute Gasteiger partial charge is 0.243 e. The third kappa shape index (κ3) is 4.23. The Hall–Kier alpha value is -2.53. The molecule has 2 rings (SSSR count). The van der Waals surface area contributed by atoms with Crippen LogP contribution in [0.3, 0.4) is 0 Å². The molecule has 0 saturated heterocycles. The van der Waals surface area contributed by atoms with Crippen LogP contribution in [-0.4, -0.2) is 24.8 Å². The average Bonchev–Trinajstić information content (AvgIpc) is 2.59. The predicted octanol–water partition coefficient (Wildman–Crippen LogP) is 3.03. The molecule has 0 unspecified atom stereocenters. The van der Waals surface area contributed by atoms with Crippen LogP contribution < -0.4 is 15.0 Å². The zero-order valence-corrected chi connectivity index (χ0v) is 12.4. The highest BCUT2D eigenvalue weighted by Gasteiger charge is 2.05. The second-order valence-corrected chi connectivity index (χ2v) is 4.71. The second kappa shape index (κ2) is 8.05. The zero-order chi connectivity index (χ0) is 15.8. The van der Waals surface area contributed by atoms with Gasteiger partial charge in [0.25, 0.3) is 0 Å². The molecule has 0 bridgehead atoms. The number of hydrogen-bond acceptors (Lipinski definition) is 4. The predicted molar refractivity (Wildman–Crippen MR) is 83.1 cm³/mol. The second-order valence-electron chi connectivity index (χ2n) is 4.71. The van der Waals surface area contributed by atoms with Crippen molar-refractivity contribution in [1.82, 2.24) is 5.48 Å². The van der Waals surface area contributed by atoms with E-state index in [1.807, 2.05) is 48.5 Å². The van der Waals surface area contributed by atoms with Crippen molar-refractivity contribution >= 4 is 5.91 Å². The molecule has 0 saturated carbocycles. The van der Waals surface area contributed by atoms with Gasteiger partial charge in [0.05, 0.1) is 13.7 Å². The van der Waals surface area contributed by atoms with Crippen molar-refractivity contribution in [3.05, 3.63) is 48.5 Å². The maximum absolute atomic E-state index is 10.9. The third-order valence-corrected chi connectivity index (χ3v) is 3.21. The number of amides is 1. The van der Waals surface area contributed by atoms with Gasteiger partial charge in [-0.1, -0.05) is 30.3 Å². The van der Waals surface area contributed by atoms with Gasteiger partial charge < -0.3 is 9.47 Å². The fourth-order valence-electron chi connectivity index (χ4n) is 2.09. The number of benzene rings is 2. The standard InChI is InChI=1S/C17H19NO4/c1-21-16-6-3-2-5-15(16)13-8-10-14(11-9-13)22-12-4-7-17(19)18-20/h2-3,5-6,8-11,20H,4,7,12H2,1H3,(H,18,19). The van der Waals surface area contributed by atoms with Crippen LogP contribution in [0.1, 0.15) is 12.8 Å². The molecule has 0 fully saturated rings. The number of hydroxylamine groups is 1. The molecule has 0 spiro atoms. The van der Waals surface area contributed by atoms with Crippen LogP contribution in [0.2, 0.25) is 0 Å². The van der Waals surface area contributed by atoms with Crippen molar-refractivity contribution in [2.24, 2.45) is 0 Å². The van der Waals surface area contributed by atoms with Gasteiger partial charge in [0.2, 0.25) is 5.91 Å². The summed E-state index contributed by atoms with van der Waals surface area (Å²) in [6.07, 6.45) is 0.774. The van der Waals surface area contributed by atoms with Gasteiger partial charge in [0.1, 0.15) is 11.5 Å². The van der Waals surface area contributed by atoms with Gasteiger partial charge in [-0.2, -0.15) is 0 Å². The first-order valence-electron chi connectivity index (χ1n) is 7.04. The lowest BCUT2D eigenvalue weighted by Crippen LogP contribution is -2.18. The molecule has 1 amide bonds. The molecule has 0 aromatic heterocycles. The Labute approximate surface area is 129 Å². The minimum absolute atomic E-state index is 0.232. The Balaban J connectivity index is 1.94. The fourth-order valence-corrected chi connectivity index (χ4v) is 2.09. The summed E-state index contributed by atoms with van der Waals surface area (Å²) in [6, 6.07) is 15.5. The van der Waals surface area contributed by atoms with E-state index in [2.05, 4.69) is 0 Å². The van der Waals surface area contributed by atoms with Crippen LogP contribution in [0.5, 0.6) is 11.5 Å². The number of rotatable bonds is 7. The van der Waals surface area contributed by atoms with Crippen molar-refractivity contribution in [2.45, 2.75) is 12.8 Å². The highest BCUT2D eigenvalue weighted by Crippen LogP contribution is 2.30. The van der Waals surface area contributed by atoms with Crippen molar-refractivity contribution in [2.75, 3.05) is 13.7 Å². The normalized spacial score (nSPS) is 10.1. The minimum atomic E-state index is -0.407. The molecule has 0 atom stereocenters. The molecule has 0 aliphatic rings. The van der Waals surface area contributed by atoms with Crippen LogP contribution in [0.4, 0.5) is 0 Å². The van der Waals surface area contributed by atoms with Crippen LogP contribution in [-0.2, 0) is 4.79 Å². The van der Waals surface area contributed by atoms with Crippen LogP contribution in [0.15, 0.2) is 48.5 Å². The molecule has 2 aromatic rings. The average molecular weight is 301 g/mol. The zero-order valence-electron chi connectivity index (χ0n) is 12.4. The van der Waals surface area contributed by atoms with E-state index in [0.29, 0.717) is 13.0 Å². The molecule has 0 aliphatic carbocycles. The van der Waals surface area contributed by atoms with Gasteiger partial charge in [-0.25, -0.2) is 5.48 Å². The first-order valence-corrected chi connectivity index (χ1v) is 7.04. The molecular formula is C17H19NO4. The molecule has 0 aliphatic heterocycles. The molecule has 5 nitrogen and oxygen atoms in total. The quantitative estimate of drug-likeness (QED) is 0.468. The topological polar surface area (TPSA) is 67.8 Å². The summed E-state index contributed by atoms with van der Waals surface area (Å²) in [4.78, 5) is 10.9. The Morgan fingerprint density at radius 1 is 1.14 bits per heavy atom. The lowest BCUT2D eigenvalue weighted by Gasteiger charge is -2.10. The van der Waals surface area contributed by atoms with Crippen molar-refractivity contribution < 1.29 is 19.5 Å². The number of ether oxygens (including phenoxy) is 2. The molecule has 0 radical (unpaired) electrons. The number of nitrogens with one attached hydrogen (secondary N) is 1. The number of para-hydroxylation sites is 1. The number of hydrogen-bond donors (Lipinski definition) is 2. The maximum Gasteiger partial charge on any atom is 0.243 e. The lowest BCUT2D eigenvalue weighted by molar-refractivity contribution is -0.129. The molecular weight excluding hydrogens is 282 g/mol. The van der Waals surface area contributed by atoms with Crippen molar-refractivity contribution in [1.29, 1.82) is 0 Å². The molecule has 2 aromatic carbocycles. The lowest BCUT2D eigenvalue weighted by atomic mass is 10.0. The Kier molecular flexibility index (Phi) is 5.80. The maximum atomic E-state index is 10.9. The van der Waals surface area contributed by atoms with E-state index in [-0.39, 0.29) is 6.42 Å². The van der Waals surface area contributed by atoms with Crippen molar-refractivity contribution in [3.8, 4) is 22.6 Å². The Morgan fingerprint density at radius 3 is 2.55 bits per heavy atom. The summed E-state index contributed by atoms with van der Waals surface area (Å²) in [6.45, 7) is 0.418. The van der Waals surface area contributed by atoms with E-state index in [1.54, 1.807) is 12.6 Å². The van der Waals surface area contributed by atoms with Gasteiger partial charge in [-0.15, -0.1) is 0 Å². The molecule has 0 heterocycles. The first kappa shape index (κ1) is 15.9. The van der Waals surface area contributed by atoms with E-state index < -0.39 is 5.91 Å². The molecule has 5 heteroatoms. The van der Waals surface area contributed by atoms with Gasteiger partial charge in [-0.3, -0.25) is 10.0 Å². The van der Waals surface area contributed by atoms with Gasteiger partial charge in [0, 0.05) is 12.0 Å². The van der Waals surface area contributed by atoms with E-state index in [1.165, 1.54) is 0 Å². The number of carbonyl (C=O) groups excluding carboxylic acids is 1. The summed E-state index contributed by atoms with van der Waals surface area (Å²) < 4.78 is 10.9. The summed E-state index contributed by atoms with van der Waals surface area (Å²) in [5, 5.41) is 8.38. The summed E-state index contributed by atoms with van der Waals surface area (Å²) in [5.41, 5.74) is 3.66. The molecule has 22 heavy (non-hydrogen) atoms. The highest BCUT2D eigenvalue weighted by molar-refractivity contribution is 5.74. The molecule has 116 valence electrons. The summed E-state index contributed by atoms with van der Waals surface area (Å²) in [7, 11) is 1.65. The fraction of sp³-hybridized carbons (Fsp3) is 0.235. The number of methoxy groups -OCH3 is 1. The first-order chi connectivity index (χ1) is 10.7. The SMILES string of the molecule is COc1ccccc1-c1ccc(OCCCC(=O)NO)cc1. The number of carbonyl (C=O) groups is 1. The summed E-state index contributed by atoms with van der Waals surface area (Å²) in [5.74, 6) is 1.16. The van der Waals surface area contributed by atoms with Crippen molar-refractivity contribution in [3.63, 3.8) is 0 Å². The third-order valence-electron chi connectivity index (χ3n) is 3.21. The Bertz CT molecular complexity index is 610.